The van der Waals surface area contributed by atoms with Gasteiger partial charge in [0.1, 0.15) is 0 Å². The molecule has 0 saturated heterocycles. The average Bonchev–Trinajstić information content (AvgIpc) is 2.97. The Hall–Kier alpha value is -1.80. The molecular formula is C22H27ClNO+. The van der Waals surface area contributed by atoms with Crippen LogP contribution in [0.3, 0.4) is 0 Å². The van der Waals surface area contributed by atoms with Crippen LogP contribution in [0.4, 0.5) is 0 Å². The smallest absolute Gasteiger partial charge is 0.343 e. The quantitative estimate of drug-likeness (QED) is 0.393. The zero-order chi connectivity index (χ0) is 18.2. The van der Waals surface area contributed by atoms with E-state index in [1.165, 1.54) is 5.56 Å². The molecule has 0 bridgehead atoms. The maximum absolute atomic E-state index is 6.30. The number of allylic oxidation sites excluding steroid dienone is 1. The van der Waals surface area contributed by atoms with Crippen molar-refractivity contribution in [1.29, 1.82) is 0 Å². The highest BCUT2D eigenvalue weighted by Crippen LogP contribution is 2.47. The van der Waals surface area contributed by atoms with Crippen LogP contribution in [0.2, 0.25) is 5.02 Å². The SMILES string of the molecule is C=CCC1(C)CC(c2cccc(Cl)c2)C(C(=C)C=C)[N+]2=C1OCC2C. The summed E-state index contributed by atoms with van der Waals surface area (Å²) in [5.74, 6) is 1.35. The van der Waals surface area contributed by atoms with Crippen molar-refractivity contribution >= 4 is 17.5 Å². The van der Waals surface area contributed by atoms with E-state index in [1.807, 2.05) is 24.3 Å². The first-order valence-corrected chi connectivity index (χ1v) is 9.25. The summed E-state index contributed by atoms with van der Waals surface area (Å²) >= 11 is 6.30. The maximum Gasteiger partial charge on any atom is 0.343 e. The molecule has 25 heavy (non-hydrogen) atoms. The Bertz CT molecular complexity index is 750. The summed E-state index contributed by atoms with van der Waals surface area (Å²) in [6.07, 6.45) is 5.72. The van der Waals surface area contributed by atoms with E-state index in [0.29, 0.717) is 12.6 Å². The van der Waals surface area contributed by atoms with Gasteiger partial charge in [0.15, 0.2) is 18.7 Å². The summed E-state index contributed by atoms with van der Waals surface area (Å²) in [5, 5.41) is 0.770. The number of nitrogens with zero attached hydrogens (tertiary/aromatic N) is 1. The van der Waals surface area contributed by atoms with Gasteiger partial charge in [-0.1, -0.05) is 49.0 Å². The number of rotatable bonds is 5. The van der Waals surface area contributed by atoms with Crippen molar-refractivity contribution < 1.29 is 9.31 Å². The van der Waals surface area contributed by atoms with Gasteiger partial charge in [0, 0.05) is 17.5 Å². The molecule has 2 aliphatic heterocycles. The first kappa shape index (κ1) is 18.0. The zero-order valence-electron chi connectivity index (χ0n) is 15.2. The highest BCUT2D eigenvalue weighted by Gasteiger charge is 2.56. The molecule has 3 rings (SSSR count). The summed E-state index contributed by atoms with van der Waals surface area (Å²) in [6.45, 7) is 17.5. The van der Waals surface area contributed by atoms with Gasteiger partial charge in [-0.15, -0.1) is 6.58 Å². The van der Waals surface area contributed by atoms with Crippen molar-refractivity contribution in [3.63, 3.8) is 0 Å². The van der Waals surface area contributed by atoms with E-state index in [9.17, 15) is 0 Å². The third-order valence-electron chi connectivity index (χ3n) is 5.55. The number of benzene rings is 1. The van der Waals surface area contributed by atoms with Crippen molar-refractivity contribution in [2.75, 3.05) is 6.61 Å². The Labute approximate surface area is 156 Å². The lowest BCUT2D eigenvalue weighted by molar-refractivity contribution is -0.591. The molecule has 132 valence electrons. The molecule has 3 heteroatoms. The Kier molecular flexibility index (Phi) is 4.92. The fourth-order valence-electron chi connectivity index (χ4n) is 4.40. The molecule has 2 nitrogen and oxygen atoms in total. The second-order valence-corrected chi connectivity index (χ2v) is 7.95. The minimum atomic E-state index is -0.0720. The monoisotopic (exact) mass is 356 g/mol. The number of halogens is 1. The third kappa shape index (κ3) is 3.08. The van der Waals surface area contributed by atoms with E-state index < -0.39 is 0 Å². The van der Waals surface area contributed by atoms with Gasteiger partial charge in [0.2, 0.25) is 0 Å². The standard InChI is InChI=1S/C22H27ClNO/c1-6-11-22(5)13-19(17-9-8-10-18(23)12-17)20(15(3)7-2)24-16(4)14-25-21(22)24/h6-10,12,16,19-20H,1-3,11,13-14H2,4-5H3/q+1. The van der Waals surface area contributed by atoms with Gasteiger partial charge in [0.05, 0.1) is 11.3 Å². The summed E-state index contributed by atoms with van der Waals surface area (Å²) in [4.78, 5) is 0. The van der Waals surface area contributed by atoms with Crippen molar-refractivity contribution in [3.05, 3.63) is 72.3 Å². The Morgan fingerprint density at radius 2 is 2.20 bits per heavy atom. The van der Waals surface area contributed by atoms with Gasteiger partial charge in [-0.3, -0.25) is 0 Å². The normalized spacial score (nSPS) is 31.2. The molecule has 4 atom stereocenters. The van der Waals surface area contributed by atoms with Crippen LogP contribution in [-0.2, 0) is 4.74 Å². The average molecular weight is 357 g/mol. The van der Waals surface area contributed by atoms with Gasteiger partial charge >= 0.3 is 5.90 Å². The lowest BCUT2D eigenvalue weighted by Gasteiger charge is -2.38. The second kappa shape index (κ2) is 6.84. The van der Waals surface area contributed by atoms with Crippen molar-refractivity contribution in [2.45, 2.75) is 44.7 Å². The highest BCUT2D eigenvalue weighted by atomic mass is 35.5. The molecular weight excluding hydrogens is 330 g/mol. The fourth-order valence-corrected chi connectivity index (χ4v) is 4.60. The van der Waals surface area contributed by atoms with E-state index in [-0.39, 0.29) is 17.4 Å². The number of hydrogen-bond acceptors (Lipinski definition) is 1. The molecule has 0 amide bonds. The minimum absolute atomic E-state index is 0.0720. The van der Waals surface area contributed by atoms with Crippen LogP contribution < -0.4 is 0 Å². The van der Waals surface area contributed by atoms with Gasteiger partial charge in [-0.05, 0) is 37.5 Å². The molecule has 4 unspecified atom stereocenters. The van der Waals surface area contributed by atoms with Gasteiger partial charge < -0.3 is 4.74 Å². The van der Waals surface area contributed by atoms with Crippen LogP contribution in [-0.4, -0.2) is 29.2 Å². The van der Waals surface area contributed by atoms with Gasteiger partial charge in [-0.25, -0.2) is 0 Å². The predicted molar refractivity (Wildman–Crippen MR) is 106 cm³/mol. The fraction of sp³-hybridized carbons (Fsp3) is 0.409. The Morgan fingerprint density at radius 3 is 2.84 bits per heavy atom. The van der Waals surface area contributed by atoms with Crippen LogP contribution in [0.1, 0.15) is 38.2 Å². The molecule has 0 aromatic heterocycles. The maximum atomic E-state index is 6.30. The highest BCUT2D eigenvalue weighted by molar-refractivity contribution is 6.30. The van der Waals surface area contributed by atoms with Gasteiger partial charge in [-0.2, -0.15) is 4.58 Å². The molecule has 0 spiro atoms. The molecule has 0 N–H and O–H groups in total. The second-order valence-electron chi connectivity index (χ2n) is 7.52. The largest absolute Gasteiger partial charge is 0.441 e. The van der Waals surface area contributed by atoms with Crippen LogP contribution >= 0.6 is 11.6 Å². The van der Waals surface area contributed by atoms with Crippen LogP contribution in [0, 0.1) is 5.41 Å². The lowest BCUT2D eigenvalue weighted by Crippen LogP contribution is -2.49. The first-order chi connectivity index (χ1) is 11.9. The Balaban J connectivity index is 2.18. The third-order valence-corrected chi connectivity index (χ3v) is 5.79. The predicted octanol–water partition coefficient (Wildman–Crippen LogP) is 5.35. The molecule has 2 aliphatic rings. The van der Waals surface area contributed by atoms with E-state index in [1.54, 1.807) is 0 Å². The van der Waals surface area contributed by atoms with Crippen molar-refractivity contribution in [2.24, 2.45) is 5.41 Å². The summed E-state index contributed by atoms with van der Waals surface area (Å²) in [6, 6.07) is 8.65. The molecule has 0 aliphatic carbocycles. The summed E-state index contributed by atoms with van der Waals surface area (Å²) < 4.78 is 8.58. The topological polar surface area (TPSA) is 12.2 Å². The van der Waals surface area contributed by atoms with E-state index >= 15 is 0 Å². The molecule has 0 fully saturated rings. The van der Waals surface area contributed by atoms with Crippen LogP contribution in [0.15, 0.2) is 61.7 Å². The molecule has 1 aromatic carbocycles. The molecule has 2 heterocycles. The van der Waals surface area contributed by atoms with Crippen molar-refractivity contribution in [3.8, 4) is 0 Å². The summed E-state index contributed by atoms with van der Waals surface area (Å²) in [7, 11) is 0. The zero-order valence-corrected chi connectivity index (χ0v) is 15.9. The number of hydrogen-bond donors (Lipinski definition) is 0. The molecule has 1 aromatic rings. The lowest BCUT2D eigenvalue weighted by atomic mass is 9.69. The molecule has 0 saturated carbocycles. The molecule has 0 radical (unpaired) electrons. The van der Waals surface area contributed by atoms with E-state index in [2.05, 4.69) is 50.3 Å². The van der Waals surface area contributed by atoms with Gasteiger partial charge in [0.25, 0.3) is 0 Å². The van der Waals surface area contributed by atoms with Crippen LogP contribution in [0.5, 0.6) is 0 Å². The minimum Gasteiger partial charge on any atom is -0.441 e. The Morgan fingerprint density at radius 1 is 1.44 bits per heavy atom. The van der Waals surface area contributed by atoms with Crippen LogP contribution in [0.25, 0.3) is 0 Å². The number of ether oxygens (including phenoxy) is 1. The van der Waals surface area contributed by atoms with E-state index in [4.69, 9.17) is 16.3 Å². The van der Waals surface area contributed by atoms with E-state index in [0.717, 1.165) is 29.3 Å². The van der Waals surface area contributed by atoms with Crippen molar-refractivity contribution in [1.82, 2.24) is 0 Å². The summed E-state index contributed by atoms with van der Waals surface area (Å²) in [5.41, 5.74) is 2.20. The first-order valence-electron chi connectivity index (χ1n) is 8.87.